The number of rotatable bonds is 6. The lowest BCUT2D eigenvalue weighted by molar-refractivity contribution is -0.435. The fourth-order valence-corrected chi connectivity index (χ4v) is 3.25. The molecule has 5 rings (SSSR count). The van der Waals surface area contributed by atoms with Crippen molar-refractivity contribution in [1.29, 1.82) is 0 Å². The maximum Gasteiger partial charge on any atom is 0.342 e. The molecular weight excluding hydrogens is 655 g/mol. The number of imidazole rings is 2. The van der Waals surface area contributed by atoms with E-state index in [0.29, 0.717) is 23.0 Å². The quantitative estimate of drug-likeness (QED) is 0.0604. The smallest absolute Gasteiger partial charge is 0.342 e. The number of allylic oxidation sites excluding steroid dienone is 1. The van der Waals surface area contributed by atoms with Gasteiger partial charge in [0, 0.05) is 56.4 Å². The summed E-state index contributed by atoms with van der Waals surface area (Å²) in [4.78, 5) is 13.9. The van der Waals surface area contributed by atoms with E-state index in [1.54, 1.807) is 38.0 Å². The van der Waals surface area contributed by atoms with E-state index >= 15 is 0 Å². The van der Waals surface area contributed by atoms with E-state index in [4.69, 9.17) is 5.84 Å². The SMILES string of the molecule is C=C(N=N/C(=N/N=c1/ccccn1C)c1ncc[nH]1)[N+](=C)C.C[N+]1=CC=CC/C1=N/N.Cl.Cn1cccc/c1=N/N=C\c1ncc[nH]1.[Cl-]. The van der Waals surface area contributed by atoms with Gasteiger partial charge in [-0.15, -0.1) is 27.7 Å². The highest BCUT2D eigenvalue weighted by Crippen LogP contribution is 2.00. The summed E-state index contributed by atoms with van der Waals surface area (Å²) in [6.45, 7) is 7.40. The molecule has 0 saturated heterocycles. The van der Waals surface area contributed by atoms with E-state index < -0.39 is 0 Å². The number of azo groups is 1. The van der Waals surface area contributed by atoms with Gasteiger partial charge in [-0.3, -0.25) is 0 Å². The summed E-state index contributed by atoms with van der Waals surface area (Å²) in [5.74, 6) is 7.78. The van der Waals surface area contributed by atoms with Gasteiger partial charge >= 0.3 is 11.7 Å². The second-order valence-corrected chi connectivity index (χ2v) is 9.37. The van der Waals surface area contributed by atoms with Crippen molar-refractivity contribution in [2.75, 3.05) is 14.1 Å². The lowest BCUT2D eigenvalue weighted by atomic mass is 10.3. The van der Waals surface area contributed by atoms with E-state index in [1.807, 2.05) is 102 Å². The van der Waals surface area contributed by atoms with Crippen LogP contribution in [0.3, 0.4) is 0 Å². The highest BCUT2D eigenvalue weighted by atomic mass is 35.5. The Balaban J connectivity index is 0.000000384. The lowest BCUT2D eigenvalue weighted by Crippen LogP contribution is -3.00. The molecule has 1 aliphatic rings. The molecule has 0 amide bonds. The van der Waals surface area contributed by atoms with Crippen molar-refractivity contribution in [3.05, 3.63) is 121 Å². The average molecular weight is 695 g/mol. The van der Waals surface area contributed by atoms with Crippen molar-refractivity contribution in [1.82, 2.24) is 29.1 Å². The Morgan fingerprint density at radius 3 is 2.17 bits per heavy atom. The van der Waals surface area contributed by atoms with Crippen LogP contribution >= 0.6 is 12.4 Å². The van der Waals surface area contributed by atoms with E-state index in [0.717, 1.165) is 17.7 Å². The van der Waals surface area contributed by atoms with Gasteiger partial charge in [-0.05, 0) is 42.0 Å². The number of aromatic amines is 2. The molecule has 0 radical (unpaired) electrons. The molecule has 0 aromatic carbocycles. The molecule has 0 fully saturated rings. The summed E-state index contributed by atoms with van der Waals surface area (Å²) in [6, 6.07) is 11.4. The number of hydrogen-bond acceptors (Lipinski definition) is 9. The van der Waals surface area contributed by atoms with Gasteiger partial charge in [0.25, 0.3) is 5.84 Å². The van der Waals surface area contributed by atoms with Crippen LogP contribution in [0.15, 0.2) is 134 Å². The number of aromatic nitrogens is 6. The van der Waals surface area contributed by atoms with Gasteiger partial charge in [0.05, 0.1) is 44.8 Å². The fourth-order valence-electron chi connectivity index (χ4n) is 3.25. The molecule has 252 valence electrons. The van der Waals surface area contributed by atoms with E-state index in [9.17, 15) is 0 Å². The Morgan fingerprint density at radius 2 is 1.65 bits per heavy atom. The van der Waals surface area contributed by atoms with Crippen molar-refractivity contribution in [2.24, 2.45) is 55.7 Å². The van der Waals surface area contributed by atoms with Crippen LogP contribution in [0.1, 0.15) is 18.1 Å². The van der Waals surface area contributed by atoms with Crippen molar-refractivity contribution in [2.45, 2.75) is 6.42 Å². The third-order valence-corrected chi connectivity index (χ3v) is 5.87. The van der Waals surface area contributed by atoms with Crippen LogP contribution in [0.2, 0.25) is 0 Å². The summed E-state index contributed by atoms with van der Waals surface area (Å²) in [6.07, 6.45) is 18.8. The van der Waals surface area contributed by atoms with Crippen LogP contribution < -0.4 is 29.2 Å². The van der Waals surface area contributed by atoms with Crippen molar-refractivity contribution in [3.8, 4) is 0 Å². The number of pyridine rings is 2. The summed E-state index contributed by atoms with van der Waals surface area (Å²) in [5, 5.41) is 27.8. The van der Waals surface area contributed by atoms with Crippen LogP contribution in [0.25, 0.3) is 0 Å². The molecule has 5 heterocycles. The molecule has 4 aromatic rings. The Hall–Kier alpha value is -5.87. The lowest BCUT2D eigenvalue weighted by Gasteiger charge is -1.98. The summed E-state index contributed by atoms with van der Waals surface area (Å²) < 4.78 is 7.13. The number of hydrazone groups is 1. The van der Waals surface area contributed by atoms with Gasteiger partial charge in [-0.1, -0.05) is 18.2 Å². The maximum absolute atomic E-state index is 5.09. The van der Waals surface area contributed by atoms with Crippen LogP contribution in [0, 0.1) is 0 Å². The first-order valence-electron chi connectivity index (χ1n) is 13.8. The van der Waals surface area contributed by atoms with Crippen LogP contribution in [0.5, 0.6) is 0 Å². The average Bonchev–Trinajstić information content (AvgIpc) is 3.79. The van der Waals surface area contributed by atoms with Gasteiger partial charge in [0.15, 0.2) is 16.8 Å². The van der Waals surface area contributed by atoms with Crippen LogP contribution in [0.4, 0.5) is 0 Å². The zero-order chi connectivity index (χ0) is 33.1. The van der Waals surface area contributed by atoms with E-state index in [1.165, 1.54) is 4.58 Å². The fraction of sp³-hybridized carbons (Fsp3) is 0.167. The van der Waals surface area contributed by atoms with Gasteiger partial charge in [-0.2, -0.15) is 5.10 Å². The molecular formula is C30H39Cl2N16+. The number of nitrogens with zero attached hydrogens (tertiary/aromatic N) is 13. The monoisotopic (exact) mass is 693 g/mol. The summed E-state index contributed by atoms with van der Waals surface area (Å²) >= 11 is 0. The summed E-state index contributed by atoms with van der Waals surface area (Å²) in [5.41, 5.74) is 1.47. The normalized spacial score (nSPS) is 14.0. The Kier molecular flexibility index (Phi) is 18.2. The molecule has 0 spiro atoms. The minimum atomic E-state index is 0. The predicted octanol–water partition coefficient (Wildman–Crippen LogP) is -0.683. The number of nitrogens with one attached hydrogen (secondary N) is 2. The zero-order valence-electron chi connectivity index (χ0n) is 27.0. The highest BCUT2D eigenvalue weighted by molar-refractivity contribution is 5.95. The second kappa shape index (κ2) is 21.8. The van der Waals surface area contributed by atoms with Crippen molar-refractivity contribution >= 4 is 43.2 Å². The first-order chi connectivity index (χ1) is 22.3. The van der Waals surface area contributed by atoms with Gasteiger partial charge < -0.3 is 31.5 Å². The Bertz CT molecular complexity index is 1910. The molecule has 48 heavy (non-hydrogen) atoms. The molecule has 4 N–H and O–H groups in total. The third kappa shape index (κ3) is 13.6. The Morgan fingerprint density at radius 1 is 1.00 bits per heavy atom. The molecule has 0 unspecified atom stereocenters. The van der Waals surface area contributed by atoms with Gasteiger partial charge in [-0.25, -0.2) is 25.0 Å². The molecule has 18 heteroatoms. The van der Waals surface area contributed by atoms with Crippen LogP contribution in [-0.4, -0.2) is 83.1 Å². The Labute approximate surface area is 290 Å². The molecule has 0 saturated carbocycles. The largest absolute Gasteiger partial charge is 1.00 e. The summed E-state index contributed by atoms with van der Waals surface area (Å²) in [7, 11) is 7.44. The molecule has 1 aliphatic heterocycles. The topological polar surface area (TPSA) is 186 Å². The number of nitrogens with two attached hydrogens (primary N) is 1. The molecule has 0 atom stereocenters. The first-order valence-corrected chi connectivity index (χ1v) is 13.8. The predicted molar refractivity (Wildman–Crippen MR) is 185 cm³/mol. The molecule has 4 aromatic heterocycles. The third-order valence-electron chi connectivity index (χ3n) is 5.87. The van der Waals surface area contributed by atoms with Crippen molar-refractivity contribution in [3.63, 3.8) is 0 Å². The zero-order valence-corrected chi connectivity index (χ0v) is 28.6. The van der Waals surface area contributed by atoms with Gasteiger partial charge in [0.1, 0.15) is 5.82 Å². The van der Waals surface area contributed by atoms with Crippen LogP contribution in [-0.2, 0) is 14.1 Å². The van der Waals surface area contributed by atoms with E-state index in [2.05, 4.69) is 69.0 Å². The standard InChI is InChI=1S/C14H17N8.C10H11N5.C6H10N3.2ClH/c1-11(21(2)3)17-19-14(13-15-8-9-16-13)20-18-12-7-5-6-10-22(12)4;1-15-7-3-2-4-10(15)14-13-8-9-11-5-6-12-9;1-9-5-3-2-4-6(9)8-7;;/h5-10H,1-2H2,3-4H3,(H,15,16);2-8H,1H3,(H,11,12);2-3,5H,4,7H2,1H3;2*1H/q+1;;+1;;/p-1/b18-12-,19-17?,20-14+;13-8-,14-10-;8-6-;;. The number of H-pyrrole nitrogens is 2. The number of amidine groups is 2. The first kappa shape index (κ1) is 40.2. The molecule has 0 aliphatic carbocycles. The highest BCUT2D eigenvalue weighted by Gasteiger charge is 2.10. The van der Waals surface area contributed by atoms with Gasteiger partial charge in [0.2, 0.25) is 0 Å². The minimum Gasteiger partial charge on any atom is -1.00 e. The maximum atomic E-state index is 5.09. The minimum absolute atomic E-state index is 0. The van der Waals surface area contributed by atoms with Crippen molar-refractivity contribution < 1.29 is 21.6 Å². The number of halogens is 2. The number of aryl methyl sites for hydroxylation is 2. The second-order valence-electron chi connectivity index (χ2n) is 9.37. The molecule has 0 bridgehead atoms. The molecule has 16 nitrogen and oxygen atoms in total. The number of hydrogen-bond donors (Lipinski definition) is 3. The van der Waals surface area contributed by atoms with E-state index in [-0.39, 0.29) is 30.6 Å².